The Labute approximate surface area is 125 Å². The van der Waals surface area contributed by atoms with Crippen molar-refractivity contribution in [1.29, 1.82) is 0 Å². The molecule has 1 aliphatic heterocycles. The van der Waals surface area contributed by atoms with Gasteiger partial charge in [-0.25, -0.2) is 4.79 Å². The molecule has 3 N–H and O–H groups in total. The van der Waals surface area contributed by atoms with Gasteiger partial charge in [-0.05, 0) is 36.8 Å². The van der Waals surface area contributed by atoms with Crippen molar-refractivity contribution >= 4 is 11.9 Å². The fourth-order valence-electron chi connectivity index (χ4n) is 2.94. The van der Waals surface area contributed by atoms with Gasteiger partial charge in [0.1, 0.15) is 0 Å². The van der Waals surface area contributed by atoms with Crippen molar-refractivity contribution in [2.24, 2.45) is 5.73 Å². The van der Waals surface area contributed by atoms with Crippen LogP contribution in [0, 0.1) is 6.92 Å². The molecule has 0 spiro atoms. The van der Waals surface area contributed by atoms with Crippen LogP contribution in [0.4, 0.5) is 4.79 Å². The summed E-state index contributed by atoms with van der Waals surface area (Å²) in [4.78, 5) is 24.5. The van der Waals surface area contributed by atoms with E-state index in [-0.39, 0.29) is 5.91 Å². The number of amides is 3. The molecule has 1 fully saturated rings. The molecule has 0 aromatic heterocycles. The van der Waals surface area contributed by atoms with Crippen LogP contribution in [0.5, 0.6) is 0 Å². The Balaban J connectivity index is 1.82. The van der Waals surface area contributed by atoms with E-state index < -0.39 is 6.03 Å². The molecule has 0 radical (unpaired) electrons. The van der Waals surface area contributed by atoms with Crippen LogP contribution < -0.4 is 11.1 Å². The summed E-state index contributed by atoms with van der Waals surface area (Å²) >= 11 is 0. The molecule has 21 heavy (non-hydrogen) atoms. The molecule has 0 atom stereocenters. The number of nitrogens with one attached hydrogen (secondary N) is 1. The number of carbonyl (C=O) groups is 2. The van der Waals surface area contributed by atoms with Crippen LogP contribution in [0.2, 0.25) is 0 Å². The zero-order chi connectivity index (χ0) is 15.2. The second kappa shape index (κ2) is 7.11. The maximum Gasteiger partial charge on any atom is 0.312 e. The smallest absolute Gasteiger partial charge is 0.312 e. The second-order valence-corrected chi connectivity index (χ2v) is 5.55. The van der Waals surface area contributed by atoms with Crippen LogP contribution in [-0.2, 0) is 4.79 Å². The fourth-order valence-corrected chi connectivity index (χ4v) is 2.94. The number of nitrogens with zero attached hydrogens (tertiary/aromatic N) is 1. The summed E-state index contributed by atoms with van der Waals surface area (Å²) < 4.78 is 0. The van der Waals surface area contributed by atoms with Gasteiger partial charge in [0.15, 0.2) is 0 Å². The fraction of sp³-hybridized carbons (Fsp3) is 0.500. The highest BCUT2D eigenvalue weighted by Crippen LogP contribution is 2.30. The summed E-state index contributed by atoms with van der Waals surface area (Å²) in [5.41, 5.74) is 7.71. The number of carbonyl (C=O) groups excluding carboxylic acids is 2. The van der Waals surface area contributed by atoms with Crippen LogP contribution in [0.25, 0.3) is 0 Å². The summed E-state index contributed by atoms with van der Waals surface area (Å²) in [5, 5.41) is 2.45. The summed E-state index contributed by atoms with van der Waals surface area (Å²) in [6.07, 6.45) is 2.32. The zero-order valence-electron chi connectivity index (χ0n) is 12.5. The third-order valence-electron chi connectivity index (χ3n) is 4.11. The molecule has 1 saturated heterocycles. The number of likely N-dealkylation sites (tertiary alicyclic amines) is 1. The first kappa shape index (κ1) is 15.4. The predicted molar refractivity (Wildman–Crippen MR) is 81.9 cm³/mol. The van der Waals surface area contributed by atoms with E-state index >= 15 is 0 Å². The van der Waals surface area contributed by atoms with Gasteiger partial charge >= 0.3 is 6.03 Å². The van der Waals surface area contributed by atoms with Crippen LogP contribution >= 0.6 is 0 Å². The van der Waals surface area contributed by atoms with Crippen molar-refractivity contribution in [1.82, 2.24) is 10.2 Å². The van der Waals surface area contributed by atoms with Crippen molar-refractivity contribution in [2.45, 2.75) is 32.1 Å². The normalized spacial score (nSPS) is 15.8. The average Bonchev–Trinajstić information content (AvgIpc) is 2.47. The zero-order valence-corrected chi connectivity index (χ0v) is 12.5. The quantitative estimate of drug-likeness (QED) is 0.886. The van der Waals surface area contributed by atoms with Gasteiger partial charge < -0.3 is 16.0 Å². The maximum atomic E-state index is 12.0. The molecule has 0 unspecified atom stereocenters. The number of hydrogen-bond donors (Lipinski definition) is 2. The first-order valence-electron chi connectivity index (χ1n) is 7.44. The van der Waals surface area contributed by atoms with E-state index in [9.17, 15) is 9.59 Å². The van der Waals surface area contributed by atoms with Crippen LogP contribution in [0.15, 0.2) is 24.3 Å². The Hall–Kier alpha value is -2.04. The standard InChI is InChI=1S/C16H23N3O2/c1-12-4-2-3-5-14(12)13-7-10-19(11-8-13)15(20)6-9-18-16(17)21/h2-5,13H,6-11H2,1H3,(H3,17,18,21). The lowest BCUT2D eigenvalue weighted by Gasteiger charge is -2.33. The van der Waals surface area contributed by atoms with Gasteiger partial charge in [0.2, 0.25) is 5.91 Å². The Bertz CT molecular complexity index is 508. The van der Waals surface area contributed by atoms with Gasteiger partial charge in [0, 0.05) is 26.1 Å². The van der Waals surface area contributed by atoms with E-state index in [0.29, 0.717) is 18.9 Å². The number of piperidine rings is 1. The largest absolute Gasteiger partial charge is 0.352 e. The number of rotatable bonds is 4. The minimum atomic E-state index is -0.582. The lowest BCUT2D eigenvalue weighted by Crippen LogP contribution is -2.40. The van der Waals surface area contributed by atoms with Gasteiger partial charge in [0.05, 0.1) is 0 Å². The molecule has 1 aromatic rings. The monoisotopic (exact) mass is 289 g/mol. The molecule has 1 aliphatic rings. The van der Waals surface area contributed by atoms with Crippen LogP contribution in [-0.4, -0.2) is 36.5 Å². The number of benzene rings is 1. The van der Waals surface area contributed by atoms with E-state index in [1.165, 1.54) is 11.1 Å². The average molecular weight is 289 g/mol. The first-order valence-corrected chi connectivity index (χ1v) is 7.44. The van der Waals surface area contributed by atoms with E-state index in [1.54, 1.807) is 0 Å². The highest BCUT2D eigenvalue weighted by Gasteiger charge is 2.24. The molecule has 2 rings (SSSR count). The molecular weight excluding hydrogens is 266 g/mol. The SMILES string of the molecule is Cc1ccccc1C1CCN(C(=O)CCNC(N)=O)CC1. The van der Waals surface area contributed by atoms with Crippen molar-refractivity contribution in [2.75, 3.05) is 19.6 Å². The van der Waals surface area contributed by atoms with Crippen molar-refractivity contribution in [3.63, 3.8) is 0 Å². The molecule has 1 heterocycles. The molecule has 3 amide bonds. The van der Waals surface area contributed by atoms with Crippen molar-refractivity contribution < 1.29 is 9.59 Å². The molecule has 0 aliphatic carbocycles. The highest BCUT2D eigenvalue weighted by atomic mass is 16.2. The Morgan fingerprint density at radius 1 is 1.29 bits per heavy atom. The molecular formula is C16H23N3O2. The third kappa shape index (κ3) is 4.21. The summed E-state index contributed by atoms with van der Waals surface area (Å²) in [5.74, 6) is 0.631. The Kier molecular flexibility index (Phi) is 5.20. The summed E-state index contributed by atoms with van der Waals surface area (Å²) in [6, 6.07) is 7.89. The van der Waals surface area contributed by atoms with Gasteiger partial charge in [-0.3, -0.25) is 4.79 Å². The van der Waals surface area contributed by atoms with E-state index in [2.05, 4.69) is 36.5 Å². The minimum Gasteiger partial charge on any atom is -0.352 e. The van der Waals surface area contributed by atoms with Crippen molar-refractivity contribution in [3.8, 4) is 0 Å². The predicted octanol–water partition coefficient (Wildman–Crippen LogP) is 1.76. The van der Waals surface area contributed by atoms with E-state index in [4.69, 9.17) is 5.73 Å². The van der Waals surface area contributed by atoms with E-state index in [0.717, 1.165) is 25.9 Å². The topological polar surface area (TPSA) is 75.4 Å². The number of primary amides is 1. The Morgan fingerprint density at radius 2 is 1.95 bits per heavy atom. The molecule has 5 heteroatoms. The van der Waals surface area contributed by atoms with E-state index in [1.807, 2.05) is 4.90 Å². The van der Waals surface area contributed by atoms with Gasteiger partial charge in [-0.1, -0.05) is 24.3 Å². The number of nitrogens with two attached hydrogens (primary N) is 1. The molecule has 114 valence electrons. The molecule has 0 saturated carbocycles. The molecule has 1 aromatic carbocycles. The molecule has 5 nitrogen and oxygen atoms in total. The summed E-state index contributed by atoms with van der Waals surface area (Å²) in [6.45, 7) is 4.02. The number of aryl methyl sites for hydroxylation is 1. The molecule has 0 bridgehead atoms. The Morgan fingerprint density at radius 3 is 2.57 bits per heavy atom. The third-order valence-corrected chi connectivity index (χ3v) is 4.11. The van der Waals surface area contributed by atoms with Crippen LogP contribution in [0.3, 0.4) is 0 Å². The van der Waals surface area contributed by atoms with Gasteiger partial charge in [-0.2, -0.15) is 0 Å². The minimum absolute atomic E-state index is 0.0898. The number of urea groups is 1. The second-order valence-electron chi connectivity index (χ2n) is 5.55. The maximum absolute atomic E-state index is 12.0. The number of hydrogen-bond acceptors (Lipinski definition) is 2. The lowest BCUT2D eigenvalue weighted by molar-refractivity contribution is -0.132. The van der Waals surface area contributed by atoms with Gasteiger partial charge in [0.25, 0.3) is 0 Å². The van der Waals surface area contributed by atoms with Crippen molar-refractivity contribution in [3.05, 3.63) is 35.4 Å². The lowest BCUT2D eigenvalue weighted by atomic mass is 9.87. The van der Waals surface area contributed by atoms with Crippen LogP contribution in [0.1, 0.15) is 36.3 Å². The highest BCUT2D eigenvalue weighted by molar-refractivity contribution is 5.77. The first-order chi connectivity index (χ1) is 10.1. The van der Waals surface area contributed by atoms with Gasteiger partial charge in [-0.15, -0.1) is 0 Å². The summed E-state index contributed by atoms with van der Waals surface area (Å²) in [7, 11) is 0.